The topological polar surface area (TPSA) is 128 Å². The normalized spacial score (nSPS) is 23.8. The molecule has 0 aromatic carbocycles. The van der Waals surface area contributed by atoms with Gasteiger partial charge in [0.15, 0.2) is 6.61 Å². The van der Waals surface area contributed by atoms with Crippen molar-refractivity contribution in [3.8, 4) is 11.5 Å². The van der Waals surface area contributed by atoms with Crippen molar-refractivity contribution < 1.29 is 28.0 Å². The molecule has 1 aliphatic heterocycles. The van der Waals surface area contributed by atoms with E-state index in [2.05, 4.69) is 15.5 Å². The molecule has 1 saturated carbocycles. The standard InChI is InChI=1S/C20H24N4O6/c1-11-6-4-5-7-20(11)18(26)24(19(27)21-20)9-16(25)28-10-15-22-23-17(30-15)14-8-12(2)29-13(14)3/h8,11H,4-7,9-10H2,1-3H3,(H,21,27)/t11-,20-/m1/s1. The molecular formula is C20H24N4O6. The van der Waals surface area contributed by atoms with E-state index < -0.39 is 24.1 Å². The van der Waals surface area contributed by atoms with Crippen LogP contribution in [0.15, 0.2) is 14.9 Å². The third-order valence-electron chi connectivity index (χ3n) is 5.88. The molecule has 1 saturated heterocycles. The first-order valence-corrected chi connectivity index (χ1v) is 9.99. The third kappa shape index (κ3) is 3.46. The first kappa shape index (κ1) is 20.1. The number of nitrogens with zero attached hydrogens (tertiary/aromatic N) is 3. The highest BCUT2D eigenvalue weighted by Crippen LogP contribution is 2.38. The van der Waals surface area contributed by atoms with Crippen LogP contribution >= 0.6 is 0 Å². The van der Waals surface area contributed by atoms with Gasteiger partial charge in [-0.05, 0) is 38.7 Å². The number of aromatic nitrogens is 2. The molecule has 10 heteroatoms. The minimum Gasteiger partial charge on any atom is -0.466 e. The van der Waals surface area contributed by atoms with Crippen molar-refractivity contribution in [1.82, 2.24) is 20.4 Å². The predicted octanol–water partition coefficient (Wildman–Crippen LogP) is 2.49. The minimum atomic E-state index is -0.905. The average Bonchev–Trinajstić information content (AvgIpc) is 3.36. The highest BCUT2D eigenvalue weighted by atomic mass is 16.5. The first-order chi connectivity index (χ1) is 14.3. The summed E-state index contributed by atoms with van der Waals surface area (Å²) in [4.78, 5) is 38.4. The Hall–Kier alpha value is -3.17. The average molecular weight is 416 g/mol. The molecule has 2 aliphatic rings. The summed E-state index contributed by atoms with van der Waals surface area (Å²) in [5.41, 5.74) is -0.235. The molecule has 0 unspecified atom stereocenters. The molecule has 4 rings (SSSR count). The Bertz CT molecular complexity index is 995. The van der Waals surface area contributed by atoms with Crippen LogP contribution in [-0.2, 0) is 20.9 Å². The second kappa shape index (κ2) is 7.58. The van der Waals surface area contributed by atoms with E-state index in [1.807, 2.05) is 13.8 Å². The summed E-state index contributed by atoms with van der Waals surface area (Å²) in [6.45, 7) is 4.83. The molecule has 1 N–H and O–H groups in total. The molecule has 1 aliphatic carbocycles. The zero-order valence-electron chi connectivity index (χ0n) is 17.2. The lowest BCUT2D eigenvalue weighted by atomic mass is 9.73. The fourth-order valence-corrected chi connectivity index (χ4v) is 4.22. The summed E-state index contributed by atoms with van der Waals surface area (Å²) in [5.74, 6) is 0.660. The van der Waals surface area contributed by atoms with Crippen LogP contribution in [0, 0.1) is 19.8 Å². The summed E-state index contributed by atoms with van der Waals surface area (Å²) < 4.78 is 16.1. The smallest absolute Gasteiger partial charge is 0.326 e. The zero-order valence-corrected chi connectivity index (χ0v) is 17.2. The van der Waals surface area contributed by atoms with Crippen LogP contribution < -0.4 is 5.32 Å². The Morgan fingerprint density at radius 1 is 1.30 bits per heavy atom. The van der Waals surface area contributed by atoms with Crippen molar-refractivity contribution in [3.63, 3.8) is 0 Å². The monoisotopic (exact) mass is 416 g/mol. The fraction of sp³-hybridized carbons (Fsp3) is 0.550. The van der Waals surface area contributed by atoms with Crippen molar-refractivity contribution in [2.75, 3.05) is 6.54 Å². The van der Waals surface area contributed by atoms with E-state index >= 15 is 0 Å². The molecular weight excluding hydrogens is 392 g/mol. The lowest BCUT2D eigenvalue weighted by molar-refractivity contribution is -0.150. The summed E-state index contributed by atoms with van der Waals surface area (Å²) in [5, 5.41) is 10.6. The molecule has 30 heavy (non-hydrogen) atoms. The van der Waals surface area contributed by atoms with E-state index in [-0.39, 0.29) is 30.2 Å². The van der Waals surface area contributed by atoms with Gasteiger partial charge in [-0.1, -0.05) is 19.8 Å². The Kier molecular flexibility index (Phi) is 5.08. The molecule has 10 nitrogen and oxygen atoms in total. The highest BCUT2D eigenvalue weighted by molar-refractivity contribution is 6.08. The van der Waals surface area contributed by atoms with E-state index in [0.29, 0.717) is 23.5 Å². The van der Waals surface area contributed by atoms with Crippen molar-refractivity contribution in [3.05, 3.63) is 23.5 Å². The molecule has 2 aromatic heterocycles. The van der Waals surface area contributed by atoms with Gasteiger partial charge >= 0.3 is 12.0 Å². The molecule has 2 aromatic rings. The molecule has 160 valence electrons. The van der Waals surface area contributed by atoms with Gasteiger partial charge in [0, 0.05) is 0 Å². The maximum atomic E-state index is 12.9. The van der Waals surface area contributed by atoms with E-state index in [0.717, 1.165) is 24.2 Å². The third-order valence-corrected chi connectivity index (χ3v) is 5.88. The van der Waals surface area contributed by atoms with Gasteiger partial charge in [-0.15, -0.1) is 10.2 Å². The molecule has 3 heterocycles. The van der Waals surface area contributed by atoms with E-state index in [1.165, 1.54) is 0 Å². The van der Waals surface area contributed by atoms with Gasteiger partial charge in [0.05, 0.1) is 5.56 Å². The first-order valence-electron chi connectivity index (χ1n) is 9.99. The molecule has 2 fully saturated rings. The Labute approximate surface area is 172 Å². The van der Waals surface area contributed by atoms with E-state index in [9.17, 15) is 14.4 Å². The number of amides is 3. The van der Waals surface area contributed by atoms with Crippen molar-refractivity contribution >= 4 is 17.9 Å². The number of furan rings is 1. The quantitative estimate of drug-likeness (QED) is 0.582. The van der Waals surface area contributed by atoms with Gasteiger partial charge in [0.25, 0.3) is 17.7 Å². The predicted molar refractivity (Wildman–Crippen MR) is 102 cm³/mol. The number of esters is 1. The number of carbonyl (C=O) groups excluding carboxylic acids is 3. The molecule has 2 atom stereocenters. The maximum absolute atomic E-state index is 12.9. The van der Waals surface area contributed by atoms with Crippen LogP contribution in [0.1, 0.15) is 50.0 Å². The van der Waals surface area contributed by atoms with Crippen molar-refractivity contribution in [1.29, 1.82) is 0 Å². The second-order valence-electron chi connectivity index (χ2n) is 7.93. The zero-order chi connectivity index (χ0) is 21.5. The van der Waals surface area contributed by atoms with Crippen LogP contribution in [0.25, 0.3) is 11.5 Å². The van der Waals surface area contributed by atoms with E-state index in [1.54, 1.807) is 13.0 Å². The lowest BCUT2D eigenvalue weighted by Gasteiger charge is -2.36. The summed E-state index contributed by atoms with van der Waals surface area (Å²) in [6.07, 6.45) is 3.34. The number of aryl methyl sites for hydroxylation is 2. The molecule has 3 amide bonds. The number of rotatable bonds is 5. The fourth-order valence-electron chi connectivity index (χ4n) is 4.22. The number of hydrogen-bond acceptors (Lipinski definition) is 8. The molecule has 0 radical (unpaired) electrons. The van der Waals surface area contributed by atoms with Gasteiger partial charge in [-0.25, -0.2) is 4.79 Å². The number of nitrogens with one attached hydrogen (secondary N) is 1. The largest absolute Gasteiger partial charge is 0.466 e. The van der Waals surface area contributed by atoms with Crippen molar-refractivity contribution in [2.45, 2.75) is 58.6 Å². The number of imide groups is 1. The Balaban J connectivity index is 1.36. The number of ether oxygens (including phenoxy) is 1. The van der Waals surface area contributed by atoms with Gasteiger partial charge in [-0.2, -0.15) is 0 Å². The Morgan fingerprint density at radius 2 is 2.10 bits per heavy atom. The van der Waals surface area contributed by atoms with Gasteiger partial charge < -0.3 is 18.9 Å². The van der Waals surface area contributed by atoms with Crippen LogP contribution in [0.4, 0.5) is 4.79 Å². The molecule has 0 bridgehead atoms. The van der Waals surface area contributed by atoms with Crippen LogP contribution in [-0.4, -0.2) is 45.1 Å². The minimum absolute atomic E-state index is 0.0237. The van der Waals surface area contributed by atoms with E-state index in [4.69, 9.17) is 13.6 Å². The van der Waals surface area contributed by atoms with Gasteiger partial charge in [-0.3, -0.25) is 14.5 Å². The number of carbonyl (C=O) groups is 3. The van der Waals surface area contributed by atoms with Crippen LogP contribution in [0.2, 0.25) is 0 Å². The lowest BCUT2D eigenvalue weighted by Crippen LogP contribution is -2.54. The van der Waals surface area contributed by atoms with Crippen LogP contribution in [0.5, 0.6) is 0 Å². The summed E-state index contributed by atoms with van der Waals surface area (Å²) in [7, 11) is 0. The molecule has 1 spiro atoms. The Morgan fingerprint density at radius 3 is 2.80 bits per heavy atom. The second-order valence-corrected chi connectivity index (χ2v) is 7.93. The van der Waals surface area contributed by atoms with Crippen molar-refractivity contribution in [2.24, 2.45) is 5.92 Å². The maximum Gasteiger partial charge on any atom is 0.326 e. The number of hydrogen-bond donors (Lipinski definition) is 1. The summed E-state index contributed by atoms with van der Waals surface area (Å²) in [6, 6.07) is 1.22. The van der Waals surface area contributed by atoms with Gasteiger partial charge in [0.1, 0.15) is 23.6 Å². The van der Waals surface area contributed by atoms with Gasteiger partial charge in [0.2, 0.25) is 0 Å². The number of urea groups is 1. The highest BCUT2D eigenvalue weighted by Gasteiger charge is 2.55. The SMILES string of the molecule is Cc1cc(-c2nnc(COC(=O)CN3C(=O)N[C@@]4(CCCC[C@H]4C)C3=O)o2)c(C)o1. The summed E-state index contributed by atoms with van der Waals surface area (Å²) >= 11 is 0. The van der Waals surface area contributed by atoms with Crippen LogP contribution in [0.3, 0.4) is 0 Å².